The summed E-state index contributed by atoms with van der Waals surface area (Å²) in [4.78, 5) is 35.2. The zero-order chi connectivity index (χ0) is 30.7. The third kappa shape index (κ3) is 6.24. The lowest BCUT2D eigenvalue weighted by atomic mass is 9.94. The predicted octanol–water partition coefficient (Wildman–Crippen LogP) is 5.76. The number of thiazole rings is 1. The summed E-state index contributed by atoms with van der Waals surface area (Å²) in [6.07, 6.45) is 1.84. The van der Waals surface area contributed by atoms with Crippen molar-refractivity contribution in [3.05, 3.63) is 124 Å². The van der Waals surface area contributed by atoms with Crippen LogP contribution >= 0.6 is 27.3 Å². The summed E-state index contributed by atoms with van der Waals surface area (Å²) >= 11 is 4.86. The number of aryl methyl sites for hydroxylation is 1. The summed E-state index contributed by atoms with van der Waals surface area (Å²) in [6, 6.07) is 20.8. The molecule has 2 heterocycles. The molecule has 222 valence electrons. The molecule has 1 aliphatic heterocycles. The fourth-order valence-corrected chi connectivity index (χ4v) is 6.63. The molecule has 0 spiro atoms. The fraction of sp³-hybridized carbons (Fsp3) is 0.265. The second-order valence-corrected chi connectivity index (χ2v) is 12.2. The molecule has 0 saturated heterocycles. The summed E-state index contributed by atoms with van der Waals surface area (Å²) in [5, 5.41) is 0. The number of ether oxygens (including phenoxy) is 2. The molecule has 0 saturated carbocycles. The van der Waals surface area contributed by atoms with Crippen LogP contribution in [0.1, 0.15) is 49.1 Å². The van der Waals surface area contributed by atoms with Crippen molar-refractivity contribution in [1.82, 2.24) is 9.47 Å². The van der Waals surface area contributed by atoms with Gasteiger partial charge in [0.1, 0.15) is 24.1 Å². The van der Waals surface area contributed by atoms with Crippen molar-refractivity contribution in [2.45, 2.75) is 40.3 Å². The molecule has 3 aromatic carbocycles. The average Bonchev–Trinajstić information content (AvgIpc) is 3.31. The molecule has 0 aliphatic carbocycles. The van der Waals surface area contributed by atoms with Gasteiger partial charge in [-0.15, -0.1) is 0 Å². The van der Waals surface area contributed by atoms with Gasteiger partial charge < -0.3 is 14.4 Å². The number of aromatic nitrogens is 1. The van der Waals surface area contributed by atoms with Crippen LogP contribution in [0, 0.1) is 6.92 Å². The van der Waals surface area contributed by atoms with E-state index in [2.05, 4.69) is 35.0 Å². The standard InChI is InChI=1S/C34H34BrN3O4S/c1-6-37(7-2)33(40)30-22(4)36-34-38(31(30)26-10-8-9-11-28(26)41-5)32(39)29(43-34)19-24-18-25(35)16-17-27(24)42-20-23-14-12-21(3)13-15-23/h8-19,31H,6-7,20H2,1-5H3/b29-19+/t31-/m0/s1. The Morgan fingerprint density at radius 2 is 1.77 bits per heavy atom. The number of amides is 1. The lowest BCUT2D eigenvalue weighted by molar-refractivity contribution is -0.127. The number of nitrogens with zero attached hydrogens (tertiary/aromatic N) is 3. The van der Waals surface area contributed by atoms with E-state index < -0.39 is 6.04 Å². The number of carbonyl (C=O) groups is 1. The summed E-state index contributed by atoms with van der Waals surface area (Å²) < 4.78 is 14.9. The molecule has 9 heteroatoms. The van der Waals surface area contributed by atoms with E-state index in [0.29, 0.717) is 51.8 Å². The summed E-state index contributed by atoms with van der Waals surface area (Å²) in [5.41, 5.74) is 4.55. The van der Waals surface area contributed by atoms with E-state index in [-0.39, 0.29) is 11.5 Å². The van der Waals surface area contributed by atoms with Crippen LogP contribution in [0.5, 0.6) is 11.5 Å². The van der Waals surface area contributed by atoms with Gasteiger partial charge in [-0.3, -0.25) is 14.2 Å². The zero-order valence-corrected chi connectivity index (χ0v) is 27.3. The largest absolute Gasteiger partial charge is 0.496 e. The first kappa shape index (κ1) is 30.5. The monoisotopic (exact) mass is 659 g/mol. The highest BCUT2D eigenvalue weighted by molar-refractivity contribution is 9.10. The number of rotatable bonds is 9. The van der Waals surface area contributed by atoms with Gasteiger partial charge in [-0.2, -0.15) is 0 Å². The first-order valence-corrected chi connectivity index (χ1v) is 15.8. The third-order valence-corrected chi connectivity index (χ3v) is 8.99. The number of hydrogen-bond acceptors (Lipinski definition) is 6. The minimum atomic E-state index is -0.692. The lowest BCUT2D eigenvalue weighted by Gasteiger charge is -2.29. The summed E-state index contributed by atoms with van der Waals surface area (Å²) in [6.45, 7) is 9.26. The number of benzene rings is 3. The van der Waals surface area contributed by atoms with Crippen LogP contribution in [0.15, 0.2) is 92.3 Å². The van der Waals surface area contributed by atoms with Crippen LogP contribution < -0.4 is 24.4 Å². The second kappa shape index (κ2) is 13.1. The Labute approximate surface area is 263 Å². The summed E-state index contributed by atoms with van der Waals surface area (Å²) in [5.74, 6) is 1.11. The first-order valence-electron chi connectivity index (χ1n) is 14.2. The Kier molecular flexibility index (Phi) is 9.32. The SMILES string of the molecule is CCN(CC)C(=O)C1=C(C)N=c2s/c(=C/c3cc(Br)ccc3OCc3ccc(C)cc3)c(=O)n2[C@H]1c1ccccc1OC. The van der Waals surface area contributed by atoms with E-state index in [1.165, 1.54) is 16.9 Å². The molecule has 5 rings (SSSR count). The topological polar surface area (TPSA) is 73.1 Å². The first-order chi connectivity index (χ1) is 20.7. The molecule has 1 atom stereocenters. The van der Waals surface area contributed by atoms with Crippen molar-refractivity contribution in [1.29, 1.82) is 0 Å². The Balaban J connectivity index is 1.65. The lowest BCUT2D eigenvalue weighted by Crippen LogP contribution is -2.43. The minimum absolute atomic E-state index is 0.143. The molecular formula is C34H34BrN3O4S. The number of likely N-dealkylation sites (N-methyl/N-ethyl adjacent to an activating group) is 1. The normalized spacial score (nSPS) is 14.7. The van der Waals surface area contributed by atoms with Gasteiger partial charge in [0.2, 0.25) is 0 Å². The van der Waals surface area contributed by atoms with Crippen LogP contribution in [0.25, 0.3) is 6.08 Å². The van der Waals surface area contributed by atoms with Gasteiger partial charge in [-0.05, 0) is 63.6 Å². The Morgan fingerprint density at radius 1 is 1.05 bits per heavy atom. The van der Waals surface area contributed by atoms with Crippen molar-refractivity contribution >= 4 is 39.2 Å². The Bertz CT molecular complexity index is 1870. The van der Waals surface area contributed by atoms with Crippen LogP contribution in [0.3, 0.4) is 0 Å². The smallest absolute Gasteiger partial charge is 0.271 e. The molecular weight excluding hydrogens is 626 g/mol. The highest BCUT2D eigenvalue weighted by atomic mass is 79.9. The molecule has 1 amide bonds. The van der Waals surface area contributed by atoms with E-state index in [4.69, 9.17) is 14.5 Å². The summed E-state index contributed by atoms with van der Waals surface area (Å²) in [7, 11) is 1.59. The zero-order valence-electron chi connectivity index (χ0n) is 24.9. The number of fused-ring (bicyclic) bond motifs is 1. The van der Waals surface area contributed by atoms with E-state index in [1.54, 1.807) is 16.6 Å². The molecule has 1 aromatic heterocycles. The number of halogens is 1. The molecule has 43 heavy (non-hydrogen) atoms. The Morgan fingerprint density at radius 3 is 2.47 bits per heavy atom. The van der Waals surface area contributed by atoms with Crippen LogP contribution in [0.2, 0.25) is 0 Å². The minimum Gasteiger partial charge on any atom is -0.496 e. The number of carbonyl (C=O) groups excluding carboxylic acids is 1. The van der Waals surface area contributed by atoms with Crippen molar-refractivity contribution in [3.8, 4) is 11.5 Å². The quantitative estimate of drug-likeness (QED) is 0.229. The van der Waals surface area contributed by atoms with Gasteiger partial charge in [0.25, 0.3) is 11.5 Å². The van der Waals surface area contributed by atoms with Gasteiger partial charge in [0.15, 0.2) is 4.80 Å². The number of allylic oxidation sites excluding steroid dienone is 1. The highest BCUT2D eigenvalue weighted by Crippen LogP contribution is 2.36. The number of para-hydroxylation sites is 1. The average molecular weight is 661 g/mol. The van der Waals surface area contributed by atoms with Crippen molar-refractivity contribution in [2.75, 3.05) is 20.2 Å². The van der Waals surface area contributed by atoms with Gasteiger partial charge in [-0.1, -0.05) is 75.3 Å². The molecule has 0 N–H and O–H groups in total. The molecule has 7 nitrogen and oxygen atoms in total. The second-order valence-electron chi connectivity index (χ2n) is 10.3. The molecule has 4 aromatic rings. The van der Waals surface area contributed by atoms with Gasteiger partial charge >= 0.3 is 0 Å². The van der Waals surface area contributed by atoms with E-state index >= 15 is 0 Å². The number of hydrogen-bond donors (Lipinski definition) is 0. The van der Waals surface area contributed by atoms with Gasteiger partial charge in [-0.25, -0.2) is 4.99 Å². The maximum absolute atomic E-state index is 14.2. The van der Waals surface area contributed by atoms with Gasteiger partial charge in [0.05, 0.1) is 22.9 Å². The fourth-order valence-electron chi connectivity index (χ4n) is 5.21. The molecule has 0 bridgehead atoms. The maximum atomic E-state index is 14.2. The molecule has 0 fully saturated rings. The molecule has 1 aliphatic rings. The predicted molar refractivity (Wildman–Crippen MR) is 174 cm³/mol. The van der Waals surface area contributed by atoms with E-state index in [9.17, 15) is 9.59 Å². The van der Waals surface area contributed by atoms with E-state index in [0.717, 1.165) is 21.2 Å². The number of methoxy groups -OCH3 is 1. The molecule has 0 radical (unpaired) electrons. The van der Waals surface area contributed by atoms with Crippen LogP contribution in [-0.4, -0.2) is 35.6 Å². The third-order valence-electron chi connectivity index (χ3n) is 7.51. The highest BCUT2D eigenvalue weighted by Gasteiger charge is 2.35. The maximum Gasteiger partial charge on any atom is 0.271 e. The van der Waals surface area contributed by atoms with Gasteiger partial charge in [0, 0.05) is 28.7 Å². The van der Waals surface area contributed by atoms with Crippen molar-refractivity contribution in [2.24, 2.45) is 4.99 Å². The van der Waals surface area contributed by atoms with Crippen molar-refractivity contribution < 1.29 is 14.3 Å². The Hall–Kier alpha value is -3.95. The molecule has 0 unspecified atom stereocenters. The van der Waals surface area contributed by atoms with E-state index in [1.807, 2.05) is 81.4 Å². The van der Waals surface area contributed by atoms with Crippen LogP contribution in [-0.2, 0) is 11.4 Å². The van der Waals surface area contributed by atoms with Crippen molar-refractivity contribution in [3.63, 3.8) is 0 Å². The van der Waals surface area contributed by atoms with Crippen LogP contribution in [0.4, 0.5) is 0 Å².